The smallest absolute Gasteiger partial charge is 0.0308 e. The van der Waals surface area contributed by atoms with Crippen LogP contribution >= 0.6 is 0 Å². The second-order valence-electron chi connectivity index (χ2n) is 6.13. The van der Waals surface area contributed by atoms with E-state index in [1.807, 2.05) is 0 Å². The van der Waals surface area contributed by atoms with Crippen LogP contribution in [0, 0.1) is 0 Å². The van der Waals surface area contributed by atoms with E-state index in [9.17, 15) is 0 Å². The largest absolute Gasteiger partial charge is 0.329 e. The summed E-state index contributed by atoms with van der Waals surface area (Å²) in [5, 5.41) is 3.76. The molecule has 0 spiro atoms. The third-order valence-electron chi connectivity index (χ3n) is 3.34. The predicted octanol–water partition coefficient (Wildman–Crippen LogP) is 2.82. The van der Waals surface area contributed by atoms with E-state index in [2.05, 4.69) is 26.1 Å². The zero-order valence-electron chi connectivity index (χ0n) is 10.7. The van der Waals surface area contributed by atoms with E-state index in [1.54, 1.807) is 0 Å². The van der Waals surface area contributed by atoms with Crippen LogP contribution < -0.4 is 11.1 Å². The molecule has 1 aliphatic carbocycles. The van der Waals surface area contributed by atoms with Crippen molar-refractivity contribution in [3.63, 3.8) is 0 Å². The number of hydrogen-bond acceptors (Lipinski definition) is 2. The highest BCUT2D eigenvalue weighted by atomic mass is 15.1. The summed E-state index contributed by atoms with van der Waals surface area (Å²) in [6.45, 7) is 7.50. The summed E-state index contributed by atoms with van der Waals surface area (Å²) in [7, 11) is 0. The Balaban J connectivity index is 2.62. The molecule has 0 aliphatic heterocycles. The SMILES string of the molecule is CC(C)(C)NC1(CN)CCCCCCC1. The van der Waals surface area contributed by atoms with Crippen molar-refractivity contribution in [2.24, 2.45) is 5.73 Å². The molecule has 0 aromatic rings. The quantitative estimate of drug-likeness (QED) is 0.738. The molecule has 0 radical (unpaired) electrons. The first-order valence-electron chi connectivity index (χ1n) is 6.47. The van der Waals surface area contributed by atoms with E-state index < -0.39 is 0 Å². The Morgan fingerprint density at radius 2 is 1.47 bits per heavy atom. The van der Waals surface area contributed by atoms with Crippen LogP contribution in [0.4, 0.5) is 0 Å². The summed E-state index contributed by atoms with van der Waals surface area (Å²) in [5.41, 5.74) is 6.39. The summed E-state index contributed by atoms with van der Waals surface area (Å²) < 4.78 is 0. The van der Waals surface area contributed by atoms with Crippen LogP contribution in [0.2, 0.25) is 0 Å². The molecule has 0 unspecified atom stereocenters. The van der Waals surface area contributed by atoms with Gasteiger partial charge < -0.3 is 11.1 Å². The number of rotatable bonds is 2. The van der Waals surface area contributed by atoms with Gasteiger partial charge in [0.1, 0.15) is 0 Å². The molecule has 1 rings (SSSR count). The maximum Gasteiger partial charge on any atom is 0.0308 e. The molecule has 0 aromatic carbocycles. The average molecular weight is 212 g/mol. The second-order valence-corrected chi connectivity index (χ2v) is 6.13. The Morgan fingerprint density at radius 3 is 1.87 bits per heavy atom. The van der Waals surface area contributed by atoms with Gasteiger partial charge in [0.05, 0.1) is 0 Å². The minimum atomic E-state index is 0.179. The van der Waals surface area contributed by atoms with Crippen LogP contribution in [0.5, 0.6) is 0 Å². The van der Waals surface area contributed by atoms with Gasteiger partial charge in [0.2, 0.25) is 0 Å². The Morgan fingerprint density at radius 1 is 1.00 bits per heavy atom. The lowest BCUT2D eigenvalue weighted by molar-refractivity contribution is 0.200. The number of hydrogen-bond donors (Lipinski definition) is 2. The van der Waals surface area contributed by atoms with Crippen LogP contribution in [0.3, 0.4) is 0 Å². The van der Waals surface area contributed by atoms with Gasteiger partial charge in [0.25, 0.3) is 0 Å². The summed E-state index contributed by atoms with van der Waals surface area (Å²) in [5.74, 6) is 0. The molecule has 2 heteroatoms. The fourth-order valence-electron chi connectivity index (χ4n) is 2.76. The lowest BCUT2D eigenvalue weighted by Crippen LogP contribution is -2.58. The molecule has 1 fully saturated rings. The van der Waals surface area contributed by atoms with E-state index in [4.69, 9.17) is 5.73 Å². The van der Waals surface area contributed by atoms with Crippen molar-refractivity contribution in [2.75, 3.05) is 6.54 Å². The lowest BCUT2D eigenvalue weighted by atomic mass is 9.82. The van der Waals surface area contributed by atoms with Gasteiger partial charge >= 0.3 is 0 Å². The molecular weight excluding hydrogens is 184 g/mol. The van der Waals surface area contributed by atoms with Crippen LogP contribution in [-0.4, -0.2) is 17.6 Å². The first-order valence-corrected chi connectivity index (χ1v) is 6.47. The van der Waals surface area contributed by atoms with E-state index in [0.717, 1.165) is 6.54 Å². The first-order chi connectivity index (χ1) is 6.97. The molecule has 1 saturated carbocycles. The van der Waals surface area contributed by atoms with E-state index in [-0.39, 0.29) is 11.1 Å². The third-order valence-corrected chi connectivity index (χ3v) is 3.34. The van der Waals surface area contributed by atoms with E-state index >= 15 is 0 Å². The van der Waals surface area contributed by atoms with Crippen molar-refractivity contribution in [1.82, 2.24) is 5.32 Å². The zero-order valence-corrected chi connectivity index (χ0v) is 10.7. The molecule has 0 aromatic heterocycles. The Kier molecular flexibility index (Phi) is 4.60. The first kappa shape index (κ1) is 13.0. The Labute approximate surface area is 95.0 Å². The normalized spacial score (nSPS) is 23.2. The van der Waals surface area contributed by atoms with E-state index in [1.165, 1.54) is 44.9 Å². The van der Waals surface area contributed by atoms with Crippen molar-refractivity contribution in [2.45, 2.75) is 76.8 Å². The zero-order chi connectivity index (χ0) is 11.4. The summed E-state index contributed by atoms with van der Waals surface area (Å²) in [6.07, 6.45) is 9.35. The van der Waals surface area contributed by atoms with Gasteiger partial charge in [-0.1, -0.05) is 32.1 Å². The molecule has 2 nitrogen and oxygen atoms in total. The molecule has 90 valence electrons. The average Bonchev–Trinajstić information content (AvgIpc) is 2.08. The van der Waals surface area contributed by atoms with Crippen LogP contribution in [-0.2, 0) is 0 Å². The molecule has 0 atom stereocenters. The van der Waals surface area contributed by atoms with Gasteiger partial charge in [-0.15, -0.1) is 0 Å². The minimum Gasteiger partial charge on any atom is -0.329 e. The van der Waals surface area contributed by atoms with Crippen molar-refractivity contribution in [1.29, 1.82) is 0 Å². The minimum absolute atomic E-state index is 0.179. The molecule has 0 saturated heterocycles. The number of nitrogens with one attached hydrogen (secondary N) is 1. The standard InChI is InChI=1S/C13H28N2/c1-12(2,3)15-13(11-14)9-7-5-4-6-8-10-13/h15H,4-11,14H2,1-3H3. The molecule has 0 heterocycles. The monoisotopic (exact) mass is 212 g/mol. The van der Waals surface area contributed by atoms with Crippen molar-refractivity contribution in [3.8, 4) is 0 Å². The molecular formula is C13H28N2. The van der Waals surface area contributed by atoms with Gasteiger partial charge in [-0.2, -0.15) is 0 Å². The number of nitrogens with two attached hydrogens (primary N) is 1. The van der Waals surface area contributed by atoms with Gasteiger partial charge in [0, 0.05) is 17.6 Å². The fourth-order valence-corrected chi connectivity index (χ4v) is 2.76. The Hall–Kier alpha value is -0.0800. The molecule has 1 aliphatic rings. The molecule has 3 N–H and O–H groups in total. The van der Waals surface area contributed by atoms with Gasteiger partial charge in [-0.05, 0) is 33.6 Å². The highest BCUT2D eigenvalue weighted by molar-refractivity contribution is 4.94. The summed E-state index contributed by atoms with van der Waals surface area (Å²) in [4.78, 5) is 0. The summed E-state index contributed by atoms with van der Waals surface area (Å²) in [6, 6.07) is 0. The fraction of sp³-hybridized carbons (Fsp3) is 1.00. The molecule has 0 bridgehead atoms. The maximum atomic E-state index is 6.00. The molecule has 0 amide bonds. The third kappa shape index (κ3) is 4.52. The highest BCUT2D eigenvalue weighted by Crippen LogP contribution is 2.27. The van der Waals surface area contributed by atoms with Gasteiger partial charge in [-0.25, -0.2) is 0 Å². The second kappa shape index (κ2) is 5.31. The van der Waals surface area contributed by atoms with Crippen LogP contribution in [0.15, 0.2) is 0 Å². The van der Waals surface area contributed by atoms with Crippen molar-refractivity contribution < 1.29 is 0 Å². The van der Waals surface area contributed by atoms with Crippen LogP contribution in [0.1, 0.15) is 65.7 Å². The summed E-state index contributed by atoms with van der Waals surface area (Å²) >= 11 is 0. The molecule has 15 heavy (non-hydrogen) atoms. The Bertz CT molecular complexity index is 173. The highest BCUT2D eigenvalue weighted by Gasteiger charge is 2.32. The van der Waals surface area contributed by atoms with Gasteiger partial charge in [0.15, 0.2) is 0 Å². The van der Waals surface area contributed by atoms with E-state index in [0.29, 0.717) is 0 Å². The van der Waals surface area contributed by atoms with Crippen molar-refractivity contribution in [3.05, 3.63) is 0 Å². The maximum absolute atomic E-state index is 6.00. The van der Waals surface area contributed by atoms with Crippen molar-refractivity contribution >= 4 is 0 Å². The van der Waals surface area contributed by atoms with Crippen LogP contribution in [0.25, 0.3) is 0 Å². The van der Waals surface area contributed by atoms with Gasteiger partial charge in [-0.3, -0.25) is 0 Å². The lowest BCUT2D eigenvalue weighted by Gasteiger charge is -2.41. The topological polar surface area (TPSA) is 38.0 Å². The predicted molar refractivity (Wildman–Crippen MR) is 67.0 cm³/mol.